The van der Waals surface area contributed by atoms with E-state index in [4.69, 9.17) is 17.3 Å². The first-order chi connectivity index (χ1) is 6.16. The van der Waals surface area contributed by atoms with Crippen molar-refractivity contribution in [1.29, 1.82) is 0 Å². The lowest BCUT2D eigenvalue weighted by Crippen LogP contribution is -2.03. The van der Waals surface area contributed by atoms with Crippen molar-refractivity contribution < 1.29 is 4.79 Å². The smallest absolute Gasteiger partial charge is 0.228 e. The predicted molar refractivity (Wildman–Crippen MR) is 51.6 cm³/mol. The molecule has 68 valence electrons. The van der Waals surface area contributed by atoms with Gasteiger partial charge in [-0.3, -0.25) is 4.79 Å². The van der Waals surface area contributed by atoms with E-state index in [1.165, 1.54) is 0 Å². The monoisotopic (exact) mass is 196 g/mol. The van der Waals surface area contributed by atoms with Gasteiger partial charge in [-0.25, -0.2) is 0 Å². The predicted octanol–water partition coefficient (Wildman–Crippen LogP) is 1.38. The van der Waals surface area contributed by atoms with Crippen molar-refractivity contribution in [2.45, 2.75) is 11.9 Å². The van der Waals surface area contributed by atoms with Crippen molar-refractivity contribution in [2.75, 3.05) is 5.32 Å². The summed E-state index contributed by atoms with van der Waals surface area (Å²) >= 11 is 5.71. The number of amides is 1. The fourth-order valence-corrected chi connectivity index (χ4v) is 1.56. The molecule has 13 heavy (non-hydrogen) atoms. The van der Waals surface area contributed by atoms with Crippen LogP contribution in [-0.4, -0.2) is 5.91 Å². The molecule has 0 spiro atoms. The zero-order valence-corrected chi connectivity index (χ0v) is 7.64. The maximum atomic E-state index is 11.0. The Bertz CT molecular complexity index is 363. The number of anilines is 1. The Morgan fingerprint density at radius 3 is 3.00 bits per heavy atom. The summed E-state index contributed by atoms with van der Waals surface area (Å²) in [7, 11) is 0. The van der Waals surface area contributed by atoms with E-state index in [-0.39, 0.29) is 5.91 Å². The highest BCUT2D eigenvalue weighted by atomic mass is 35.5. The molecule has 0 aliphatic carbocycles. The van der Waals surface area contributed by atoms with Crippen molar-refractivity contribution >= 4 is 23.2 Å². The third-order valence-electron chi connectivity index (χ3n) is 2.07. The Kier molecular flexibility index (Phi) is 1.98. The zero-order chi connectivity index (χ0) is 9.42. The number of halogens is 1. The van der Waals surface area contributed by atoms with Crippen LogP contribution in [0.4, 0.5) is 5.69 Å². The Hall–Kier alpha value is -1.06. The molecule has 1 atom stereocenters. The number of carbonyl (C=O) groups is 1. The molecule has 3 N–H and O–H groups in total. The van der Waals surface area contributed by atoms with Gasteiger partial charge in [0.05, 0.1) is 6.42 Å². The summed E-state index contributed by atoms with van der Waals surface area (Å²) in [5.41, 5.74) is 7.69. The molecule has 1 unspecified atom stereocenters. The van der Waals surface area contributed by atoms with E-state index in [1.54, 1.807) is 0 Å². The van der Waals surface area contributed by atoms with Crippen LogP contribution in [0.1, 0.15) is 16.6 Å². The van der Waals surface area contributed by atoms with Crippen LogP contribution in [0.3, 0.4) is 0 Å². The van der Waals surface area contributed by atoms with Crippen LogP contribution in [0.2, 0.25) is 0 Å². The number of hydrogen-bond donors (Lipinski definition) is 2. The van der Waals surface area contributed by atoms with E-state index in [0.29, 0.717) is 6.42 Å². The summed E-state index contributed by atoms with van der Waals surface area (Å²) in [6.45, 7) is 0. The second kappa shape index (κ2) is 3.01. The molecule has 4 heteroatoms. The van der Waals surface area contributed by atoms with E-state index in [0.717, 1.165) is 16.8 Å². The molecule has 0 saturated carbocycles. The molecule has 0 bridgehead atoms. The van der Waals surface area contributed by atoms with Gasteiger partial charge in [0.15, 0.2) is 0 Å². The first-order valence-electron chi connectivity index (χ1n) is 3.99. The number of rotatable bonds is 1. The summed E-state index contributed by atoms with van der Waals surface area (Å²) < 4.78 is 0. The van der Waals surface area contributed by atoms with Gasteiger partial charge >= 0.3 is 0 Å². The van der Waals surface area contributed by atoms with Crippen LogP contribution in [0, 0.1) is 0 Å². The molecule has 2 rings (SSSR count). The molecule has 1 aromatic carbocycles. The van der Waals surface area contributed by atoms with Crippen LogP contribution >= 0.6 is 11.6 Å². The molecule has 0 saturated heterocycles. The average Bonchev–Trinajstić information content (AvgIpc) is 2.42. The topological polar surface area (TPSA) is 55.1 Å². The molecular formula is C9H9ClN2O. The van der Waals surface area contributed by atoms with Gasteiger partial charge in [-0.2, -0.15) is 0 Å². The van der Waals surface area contributed by atoms with Crippen LogP contribution < -0.4 is 11.1 Å². The van der Waals surface area contributed by atoms with Gasteiger partial charge in [0.2, 0.25) is 5.91 Å². The summed E-state index contributed by atoms with van der Waals surface area (Å²) in [5.74, 6) is 0.0234. The highest BCUT2D eigenvalue weighted by Crippen LogP contribution is 2.26. The van der Waals surface area contributed by atoms with Crippen molar-refractivity contribution in [3.05, 3.63) is 29.3 Å². The minimum atomic E-state index is -0.499. The van der Waals surface area contributed by atoms with E-state index in [1.807, 2.05) is 18.2 Å². The van der Waals surface area contributed by atoms with E-state index in [2.05, 4.69) is 5.32 Å². The van der Waals surface area contributed by atoms with Crippen LogP contribution in [0.15, 0.2) is 18.2 Å². The second-order valence-electron chi connectivity index (χ2n) is 3.04. The fraction of sp³-hybridized carbons (Fsp3) is 0.222. The van der Waals surface area contributed by atoms with Crippen molar-refractivity contribution in [1.82, 2.24) is 0 Å². The van der Waals surface area contributed by atoms with Gasteiger partial charge in [0, 0.05) is 5.69 Å². The number of carbonyl (C=O) groups excluding carboxylic acids is 1. The lowest BCUT2D eigenvalue weighted by atomic mass is 10.1. The molecule has 1 amide bonds. The van der Waals surface area contributed by atoms with Gasteiger partial charge in [0.25, 0.3) is 0 Å². The molecule has 1 aromatic rings. The Morgan fingerprint density at radius 2 is 2.31 bits per heavy atom. The van der Waals surface area contributed by atoms with Gasteiger partial charge in [0.1, 0.15) is 5.50 Å². The van der Waals surface area contributed by atoms with Gasteiger partial charge in [-0.05, 0) is 17.2 Å². The number of hydrogen-bond acceptors (Lipinski definition) is 2. The summed E-state index contributed by atoms with van der Waals surface area (Å²) in [6.07, 6.45) is 0.423. The van der Waals surface area contributed by atoms with Gasteiger partial charge in [-0.15, -0.1) is 11.6 Å². The molecular weight excluding hydrogens is 188 g/mol. The summed E-state index contributed by atoms with van der Waals surface area (Å²) in [5, 5.41) is 2.74. The largest absolute Gasteiger partial charge is 0.326 e. The normalized spacial score (nSPS) is 16.6. The zero-order valence-electron chi connectivity index (χ0n) is 6.88. The highest BCUT2D eigenvalue weighted by molar-refractivity contribution is 6.20. The van der Waals surface area contributed by atoms with E-state index < -0.39 is 5.50 Å². The lowest BCUT2D eigenvalue weighted by molar-refractivity contribution is -0.115. The minimum absolute atomic E-state index is 0.0234. The molecule has 3 nitrogen and oxygen atoms in total. The number of benzene rings is 1. The van der Waals surface area contributed by atoms with Crippen LogP contribution in [0.25, 0.3) is 0 Å². The molecule has 0 aromatic heterocycles. The number of alkyl halides is 1. The fourth-order valence-electron chi connectivity index (χ4n) is 1.42. The number of fused-ring (bicyclic) bond motifs is 1. The first-order valence-corrected chi connectivity index (χ1v) is 4.43. The van der Waals surface area contributed by atoms with Gasteiger partial charge in [-0.1, -0.05) is 12.1 Å². The minimum Gasteiger partial charge on any atom is -0.326 e. The number of nitrogens with one attached hydrogen (secondary N) is 1. The maximum absolute atomic E-state index is 11.0. The van der Waals surface area contributed by atoms with Gasteiger partial charge < -0.3 is 11.1 Å². The average molecular weight is 197 g/mol. The third-order valence-corrected chi connectivity index (χ3v) is 2.32. The van der Waals surface area contributed by atoms with E-state index >= 15 is 0 Å². The SMILES string of the molecule is NC(Cl)c1ccc2c(c1)CC(=O)N2. The Labute approximate surface area is 80.9 Å². The highest BCUT2D eigenvalue weighted by Gasteiger charge is 2.18. The standard InChI is InChI=1S/C9H9ClN2O/c10-9(11)5-1-2-7-6(3-5)4-8(13)12-7/h1-3,9H,4,11H2,(H,12,13). The molecule has 1 aliphatic rings. The first kappa shape index (κ1) is 8.53. The Balaban J connectivity index is 2.40. The van der Waals surface area contributed by atoms with Crippen LogP contribution in [0.5, 0.6) is 0 Å². The second-order valence-corrected chi connectivity index (χ2v) is 3.51. The number of nitrogens with two attached hydrogens (primary N) is 1. The third kappa shape index (κ3) is 1.53. The van der Waals surface area contributed by atoms with Crippen LogP contribution in [-0.2, 0) is 11.2 Å². The molecule has 1 aliphatic heterocycles. The lowest BCUT2D eigenvalue weighted by Gasteiger charge is -2.05. The molecule has 0 radical (unpaired) electrons. The summed E-state index contributed by atoms with van der Waals surface area (Å²) in [6, 6.07) is 5.52. The van der Waals surface area contributed by atoms with Crippen molar-refractivity contribution in [2.24, 2.45) is 5.73 Å². The van der Waals surface area contributed by atoms with Crippen molar-refractivity contribution in [3.63, 3.8) is 0 Å². The Morgan fingerprint density at radius 1 is 1.54 bits per heavy atom. The van der Waals surface area contributed by atoms with E-state index in [9.17, 15) is 4.79 Å². The van der Waals surface area contributed by atoms with Crippen molar-refractivity contribution in [3.8, 4) is 0 Å². The quantitative estimate of drug-likeness (QED) is 0.527. The molecule has 0 fully saturated rings. The maximum Gasteiger partial charge on any atom is 0.228 e. The molecule has 1 heterocycles. The summed E-state index contributed by atoms with van der Waals surface area (Å²) in [4.78, 5) is 11.0.